The molecule has 1 aromatic rings. The molecule has 0 heterocycles. The summed E-state index contributed by atoms with van der Waals surface area (Å²) in [4.78, 5) is 0. The van der Waals surface area contributed by atoms with Crippen molar-refractivity contribution in [3.63, 3.8) is 0 Å². The molecule has 0 bridgehead atoms. The Morgan fingerprint density at radius 1 is 1.21 bits per heavy atom. The molecule has 0 aliphatic rings. The number of para-hydroxylation sites is 1. The standard InChI is InChI=1S/C9H8F4O/c1-6-4-2-3-5-7(6)14-8(10)9(11,12)13/h2-5,8H,1H3. The second-order valence-electron chi connectivity index (χ2n) is 2.74. The van der Waals surface area contributed by atoms with Gasteiger partial charge in [0, 0.05) is 0 Å². The van der Waals surface area contributed by atoms with E-state index in [1.807, 2.05) is 0 Å². The van der Waals surface area contributed by atoms with Gasteiger partial charge in [-0.25, -0.2) is 0 Å². The van der Waals surface area contributed by atoms with Crippen molar-refractivity contribution in [1.82, 2.24) is 0 Å². The van der Waals surface area contributed by atoms with Gasteiger partial charge in [0.05, 0.1) is 0 Å². The fraction of sp³-hybridized carbons (Fsp3) is 0.333. The molecular formula is C9H8F4O. The Balaban J connectivity index is 2.75. The maximum Gasteiger partial charge on any atom is 0.457 e. The van der Waals surface area contributed by atoms with Gasteiger partial charge in [0.15, 0.2) is 0 Å². The summed E-state index contributed by atoms with van der Waals surface area (Å²) in [5, 5.41) is 0. The number of hydrogen-bond acceptors (Lipinski definition) is 1. The third-order valence-electron chi connectivity index (χ3n) is 1.58. The van der Waals surface area contributed by atoms with Gasteiger partial charge in [0.25, 0.3) is 0 Å². The zero-order chi connectivity index (χ0) is 10.8. The van der Waals surface area contributed by atoms with Crippen LogP contribution in [0.3, 0.4) is 0 Å². The maximum absolute atomic E-state index is 12.4. The van der Waals surface area contributed by atoms with E-state index in [4.69, 9.17) is 0 Å². The summed E-state index contributed by atoms with van der Waals surface area (Å²) in [6.07, 6.45) is -8.26. The normalized spacial score (nSPS) is 13.8. The minimum Gasteiger partial charge on any atom is -0.452 e. The second-order valence-corrected chi connectivity index (χ2v) is 2.74. The van der Waals surface area contributed by atoms with Crippen molar-refractivity contribution in [3.05, 3.63) is 29.8 Å². The number of aryl methyl sites for hydroxylation is 1. The first-order chi connectivity index (χ1) is 6.41. The Morgan fingerprint density at radius 3 is 2.29 bits per heavy atom. The van der Waals surface area contributed by atoms with Gasteiger partial charge in [-0.2, -0.15) is 17.6 Å². The molecule has 78 valence electrons. The summed E-state index contributed by atoms with van der Waals surface area (Å²) < 4.78 is 51.8. The van der Waals surface area contributed by atoms with E-state index in [-0.39, 0.29) is 5.75 Å². The smallest absolute Gasteiger partial charge is 0.452 e. The number of halogens is 4. The predicted molar refractivity (Wildman–Crippen MR) is 42.8 cm³/mol. The van der Waals surface area contributed by atoms with Gasteiger partial charge in [-0.05, 0) is 18.6 Å². The van der Waals surface area contributed by atoms with Crippen molar-refractivity contribution in [2.75, 3.05) is 0 Å². The van der Waals surface area contributed by atoms with Gasteiger partial charge in [0.1, 0.15) is 5.75 Å². The van der Waals surface area contributed by atoms with E-state index in [2.05, 4.69) is 4.74 Å². The van der Waals surface area contributed by atoms with Crippen LogP contribution >= 0.6 is 0 Å². The largest absolute Gasteiger partial charge is 0.457 e. The van der Waals surface area contributed by atoms with Crippen LogP contribution in [0, 0.1) is 6.92 Å². The van der Waals surface area contributed by atoms with Gasteiger partial charge in [0.2, 0.25) is 0 Å². The number of alkyl halides is 4. The van der Waals surface area contributed by atoms with Crippen LogP contribution in [-0.2, 0) is 0 Å². The van der Waals surface area contributed by atoms with Crippen LogP contribution in [0.25, 0.3) is 0 Å². The third kappa shape index (κ3) is 2.61. The summed E-state index contributed by atoms with van der Waals surface area (Å²) in [6, 6.07) is 5.93. The average molecular weight is 208 g/mol. The first-order valence-corrected chi connectivity index (χ1v) is 3.84. The Hall–Kier alpha value is -1.26. The SMILES string of the molecule is Cc1ccccc1OC(F)C(F)(F)F. The second kappa shape index (κ2) is 3.86. The molecule has 0 fully saturated rings. The lowest BCUT2D eigenvalue weighted by Gasteiger charge is -2.15. The van der Waals surface area contributed by atoms with E-state index in [1.54, 1.807) is 19.1 Å². The Morgan fingerprint density at radius 2 is 1.79 bits per heavy atom. The van der Waals surface area contributed by atoms with E-state index >= 15 is 0 Å². The third-order valence-corrected chi connectivity index (χ3v) is 1.58. The van der Waals surface area contributed by atoms with Crippen LogP contribution in [-0.4, -0.2) is 12.5 Å². The maximum atomic E-state index is 12.4. The number of ether oxygens (including phenoxy) is 1. The number of hydrogen-bond donors (Lipinski definition) is 0. The van der Waals surface area contributed by atoms with Crippen molar-refractivity contribution in [2.45, 2.75) is 19.5 Å². The summed E-state index contributed by atoms with van der Waals surface area (Å²) in [5.74, 6) is -0.0997. The molecule has 0 aliphatic carbocycles. The molecule has 1 atom stereocenters. The van der Waals surface area contributed by atoms with Crippen molar-refractivity contribution in [3.8, 4) is 5.75 Å². The summed E-state index contributed by atoms with van der Waals surface area (Å²) >= 11 is 0. The molecule has 1 rings (SSSR count). The van der Waals surface area contributed by atoms with Gasteiger partial charge < -0.3 is 4.74 Å². The lowest BCUT2D eigenvalue weighted by molar-refractivity contribution is -0.236. The van der Waals surface area contributed by atoms with E-state index in [0.717, 1.165) is 0 Å². The fourth-order valence-electron chi connectivity index (χ4n) is 0.867. The van der Waals surface area contributed by atoms with E-state index in [9.17, 15) is 17.6 Å². The van der Waals surface area contributed by atoms with Crippen LogP contribution in [0.1, 0.15) is 5.56 Å². The molecule has 0 aliphatic heterocycles. The molecule has 0 radical (unpaired) electrons. The summed E-state index contributed by atoms with van der Waals surface area (Å²) in [6.45, 7) is 1.54. The highest BCUT2D eigenvalue weighted by Gasteiger charge is 2.42. The fourth-order valence-corrected chi connectivity index (χ4v) is 0.867. The Labute approximate surface area is 78.3 Å². The van der Waals surface area contributed by atoms with Gasteiger partial charge in [-0.3, -0.25) is 0 Å². The number of benzene rings is 1. The molecule has 5 heteroatoms. The minimum absolute atomic E-state index is 0.0997. The van der Waals surface area contributed by atoms with Gasteiger partial charge in [-0.15, -0.1) is 0 Å². The molecular weight excluding hydrogens is 200 g/mol. The average Bonchev–Trinajstić information content (AvgIpc) is 2.07. The van der Waals surface area contributed by atoms with Crippen molar-refractivity contribution < 1.29 is 22.3 Å². The highest BCUT2D eigenvalue weighted by molar-refractivity contribution is 5.31. The zero-order valence-electron chi connectivity index (χ0n) is 7.31. The van der Waals surface area contributed by atoms with Crippen LogP contribution in [0.2, 0.25) is 0 Å². The molecule has 1 nitrogen and oxygen atoms in total. The van der Waals surface area contributed by atoms with Crippen molar-refractivity contribution in [1.29, 1.82) is 0 Å². The van der Waals surface area contributed by atoms with Crippen LogP contribution in [0.4, 0.5) is 17.6 Å². The predicted octanol–water partition coefficient (Wildman–Crippen LogP) is 3.23. The molecule has 14 heavy (non-hydrogen) atoms. The molecule has 1 aromatic carbocycles. The van der Waals surface area contributed by atoms with Crippen LogP contribution in [0.15, 0.2) is 24.3 Å². The quantitative estimate of drug-likeness (QED) is 0.678. The van der Waals surface area contributed by atoms with Gasteiger partial charge in [-0.1, -0.05) is 18.2 Å². The van der Waals surface area contributed by atoms with E-state index < -0.39 is 12.5 Å². The first kappa shape index (κ1) is 10.8. The lowest BCUT2D eigenvalue weighted by Crippen LogP contribution is -2.30. The Kier molecular flexibility index (Phi) is 2.98. The summed E-state index contributed by atoms with van der Waals surface area (Å²) in [7, 11) is 0. The molecule has 1 unspecified atom stereocenters. The van der Waals surface area contributed by atoms with Gasteiger partial charge >= 0.3 is 12.5 Å². The number of rotatable bonds is 2. The molecule has 0 N–H and O–H groups in total. The lowest BCUT2D eigenvalue weighted by atomic mass is 10.2. The monoisotopic (exact) mass is 208 g/mol. The summed E-state index contributed by atoms with van der Waals surface area (Å²) in [5.41, 5.74) is 0.458. The van der Waals surface area contributed by atoms with Crippen molar-refractivity contribution in [2.24, 2.45) is 0 Å². The van der Waals surface area contributed by atoms with Crippen molar-refractivity contribution >= 4 is 0 Å². The highest BCUT2D eigenvalue weighted by Crippen LogP contribution is 2.27. The van der Waals surface area contributed by atoms with Crippen LogP contribution in [0.5, 0.6) is 5.75 Å². The molecule has 0 amide bonds. The Bertz CT molecular complexity index is 308. The zero-order valence-corrected chi connectivity index (χ0v) is 7.31. The van der Waals surface area contributed by atoms with E-state index in [0.29, 0.717) is 5.56 Å². The molecule has 0 aromatic heterocycles. The molecule has 0 saturated heterocycles. The first-order valence-electron chi connectivity index (χ1n) is 3.84. The molecule has 0 saturated carbocycles. The minimum atomic E-state index is -4.98. The highest BCUT2D eigenvalue weighted by atomic mass is 19.4. The van der Waals surface area contributed by atoms with Crippen LogP contribution < -0.4 is 4.74 Å². The molecule has 0 spiro atoms. The topological polar surface area (TPSA) is 9.23 Å². The van der Waals surface area contributed by atoms with E-state index in [1.165, 1.54) is 12.1 Å².